The summed E-state index contributed by atoms with van der Waals surface area (Å²) in [6.07, 6.45) is 5.06. The zero-order valence-corrected chi connectivity index (χ0v) is 8.73. The van der Waals surface area contributed by atoms with Crippen LogP contribution in [0.4, 0.5) is 11.6 Å². The Morgan fingerprint density at radius 1 is 1.20 bits per heavy atom. The molecule has 0 spiro atoms. The maximum atomic E-state index is 4.30. The number of nitrogens with zero attached hydrogens (tertiary/aromatic N) is 3. The number of aromatic amines is 1. The van der Waals surface area contributed by atoms with E-state index in [0.29, 0.717) is 5.92 Å². The van der Waals surface area contributed by atoms with Gasteiger partial charge < -0.3 is 5.32 Å². The van der Waals surface area contributed by atoms with Crippen LogP contribution in [0.3, 0.4) is 0 Å². The van der Waals surface area contributed by atoms with Gasteiger partial charge in [-0.1, -0.05) is 13.8 Å². The van der Waals surface area contributed by atoms with Crippen LogP contribution in [0, 0.1) is 0 Å². The van der Waals surface area contributed by atoms with Crippen LogP contribution in [0.2, 0.25) is 0 Å². The molecule has 2 heterocycles. The lowest BCUT2D eigenvalue weighted by molar-refractivity contribution is 0.815. The van der Waals surface area contributed by atoms with Crippen LogP contribution in [0.1, 0.15) is 25.5 Å². The second-order valence-electron chi connectivity index (χ2n) is 3.54. The quantitative estimate of drug-likeness (QED) is 0.801. The van der Waals surface area contributed by atoms with Crippen molar-refractivity contribution in [3.8, 4) is 0 Å². The molecule has 0 aliphatic carbocycles. The third-order valence-corrected chi connectivity index (χ3v) is 2.03. The van der Waals surface area contributed by atoms with E-state index in [9.17, 15) is 0 Å². The SMILES string of the molecule is CC(C)c1nccnc1Nc1ccn[nH]1. The summed E-state index contributed by atoms with van der Waals surface area (Å²) in [6.45, 7) is 4.17. The third-order valence-electron chi connectivity index (χ3n) is 2.03. The fourth-order valence-electron chi connectivity index (χ4n) is 1.32. The fraction of sp³-hybridized carbons (Fsp3) is 0.300. The van der Waals surface area contributed by atoms with Gasteiger partial charge in [-0.3, -0.25) is 10.1 Å². The summed E-state index contributed by atoms with van der Waals surface area (Å²) < 4.78 is 0. The average Bonchev–Trinajstić information content (AvgIpc) is 2.71. The van der Waals surface area contributed by atoms with Crippen molar-refractivity contribution in [2.45, 2.75) is 19.8 Å². The smallest absolute Gasteiger partial charge is 0.153 e. The van der Waals surface area contributed by atoms with Crippen molar-refractivity contribution in [3.63, 3.8) is 0 Å². The lowest BCUT2D eigenvalue weighted by atomic mass is 10.1. The van der Waals surface area contributed by atoms with Crippen LogP contribution in [-0.2, 0) is 0 Å². The molecule has 2 N–H and O–H groups in total. The molecule has 15 heavy (non-hydrogen) atoms. The molecular weight excluding hydrogens is 190 g/mol. The largest absolute Gasteiger partial charge is 0.324 e. The predicted octanol–water partition coefficient (Wildman–Crippen LogP) is 2.07. The van der Waals surface area contributed by atoms with E-state index in [1.807, 2.05) is 6.07 Å². The highest BCUT2D eigenvalue weighted by Crippen LogP contribution is 2.21. The van der Waals surface area contributed by atoms with Gasteiger partial charge in [0.05, 0.1) is 11.9 Å². The Morgan fingerprint density at radius 3 is 2.67 bits per heavy atom. The zero-order valence-electron chi connectivity index (χ0n) is 8.73. The lowest BCUT2D eigenvalue weighted by Gasteiger charge is -2.10. The number of anilines is 2. The van der Waals surface area contributed by atoms with Crippen molar-refractivity contribution in [2.75, 3.05) is 5.32 Å². The van der Waals surface area contributed by atoms with Crippen LogP contribution in [0.5, 0.6) is 0 Å². The second-order valence-corrected chi connectivity index (χ2v) is 3.54. The summed E-state index contributed by atoms with van der Waals surface area (Å²) in [5.41, 5.74) is 0.951. The molecule has 0 bridgehead atoms. The summed E-state index contributed by atoms with van der Waals surface area (Å²) in [5, 5.41) is 9.82. The normalized spacial score (nSPS) is 10.6. The molecule has 0 fully saturated rings. The van der Waals surface area contributed by atoms with Gasteiger partial charge in [0.1, 0.15) is 5.82 Å². The van der Waals surface area contributed by atoms with Crippen molar-refractivity contribution < 1.29 is 0 Å². The van der Waals surface area contributed by atoms with E-state index in [1.165, 1.54) is 0 Å². The monoisotopic (exact) mass is 203 g/mol. The molecule has 0 aromatic carbocycles. The van der Waals surface area contributed by atoms with E-state index < -0.39 is 0 Å². The number of H-pyrrole nitrogens is 1. The number of aromatic nitrogens is 4. The molecule has 78 valence electrons. The van der Waals surface area contributed by atoms with Crippen molar-refractivity contribution >= 4 is 11.6 Å². The summed E-state index contributed by atoms with van der Waals surface area (Å²) in [7, 11) is 0. The van der Waals surface area contributed by atoms with Crippen LogP contribution in [0.15, 0.2) is 24.7 Å². The van der Waals surface area contributed by atoms with E-state index in [-0.39, 0.29) is 0 Å². The zero-order chi connectivity index (χ0) is 10.7. The van der Waals surface area contributed by atoms with E-state index in [2.05, 4.69) is 39.3 Å². The maximum absolute atomic E-state index is 4.30. The Balaban J connectivity index is 2.28. The summed E-state index contributed by atoms with van der Waals surface area (Å²) in [5.74, 6) is 1.93. The van der Waals surface area contributed by atoms with E-state index in [4.69, 9.17) is 0 Å². The first kappa shape index (κ1) is 9.64. The minimum atomic E-state index is 0.337. The van der Waals surface area contributed by atoms with Gasteiger partial charge in [0.25, 0.3) is 0 Å². The van der Waals surface area contributed by atoms with Gasteiger partial charge >= 0.3 is 0 Å². The Hall–Kier alpha value is -1.91. The first-order valence-electron chi connectivity index (χ1n) is 4.84. The first-order chi connectivity index (χ1) is 7.27. The molecule has 0 aliphatic rings. The van der Waals surface area contributed by atoms with Crippen LogP contribution < -0.4 is 5.32 Å². The van der Waals surface area contributed by atoms with Crippen molar-refractivity contribution in [2.24, 2.45) is 0 Å². The molecule has 5 nitrogen and oxygen atoms in total. The average molecular weight is 203 g/mol. The molecule has 0 amide bonds. The molecule has 2 aromatic rings. The molecule has 0 saturated heterocycles. The van der Waals surface area contributed by atoms with Crippen molar-refractivity contribution in [3.05, 3.63) is 30.4 Å². The standard InChI is InChI=1S/C10H13N5/c1-7(2)9-10(12-6-5-11-9)14-8-3-4-13-15-8/h3-7H,1-2H3,(H2,12,13,14,15). The van der Waals surface area contributed by atoms with Crippen LogP contribution >= 0.6 is 0 Å². The fourth-order valence-corrected chi connectivity index (χ4v) is 1.32. The van der Waals surface area contributed by atoms with Gasteiger partial charge in [0.15, 0.2) is 5.82 Å². The number of nitrogens with one attached hydrogen (secondary N) is 2. The van der Waals surface area contributed by atoms with E-state index in [1.54, 1.807) is 18.6 Å². The highest BCUT2D eigenvalue weighted by molar-refractivity contribution is 5.53. The molecule has 0 radical (unpaired) electrons. The Bertz CT molecular complexity index is 421. The number of rotatable bonds is 3. The molecule has 2 aromatic heterocycles. The minimum Gasteiger partial charge on any atom is -0.324 e. The number of hydrogen-bond donors (Lipinski definition) is 2. The number of hydrogen-bond acceptors (Lipinski definition) is 4. The molecule has 0 aliphatic heterocycles. The van der Waals surface area contributed by atoms with Gasteiger partial charge in [-0.15, -0.1) is 0 Å². The lowest BCUT2D eigenvalue weighted by Crippen LogP contribution is -2.02. The second kappa shape index (κ2) is 4.08. The van der Waals surface area contributed by atoms with Gasteiger partial charge in [0, 0.05) is 18.5 Å². The Morgan fingerprint density at radius 2 is 2.00 bits per heavy atom. The first-order valence-corrected chi connectivity index (χ1v) is 4.84. The predicted molar refractivity (Wildman–Crippen MR) is 58.0 cm³/mol. The van der Waals surface area contributed by atoms with Crippen LogP contribution in [-0.4, -0.2) is 20.2 Å². The van der Waals surface area contributed by atoms with Gasteiger partial charge in [-0.05, 0) is 5.92 Å². The molecule has 2 rings (SSSR count). The minimum absolute atomic E-state index is 0.337. The molecule has 5 heteroatoms. The highest BCUT2D eigenvalue weighted by Gasteiger charge is 2.09. The summed E-state index contributed by atoms with van der Waals surface area (Å²) in [6, 6.07) is 1.85. The van der Waals surface area contributed by atoms with Crippen LogP contribution in [0.25, 0.3) is 0 Å². The maximum Gasteiger partial charge on any atom is 0.153 e. The molecular formula is C10H13N5. The summed E-state index contributed by atoms with van der Waals surface area (Å²) >= 11 is 0. The molecule has 0 unspecified atom stereocenters. The highest BCUT2D eigenvalue weighted by atomic mass is 15.2. The van der Waals surface area contributed by atoms with E-state index >= 15 is 0 Å². The Kier molecular flexibility index (Phi) is 2.62. The third kappa shape index (κ3) is 2.12. The van der Waals surface area contributed by atoms with Gasteiger partial charge in [-0.2, -0.15) is 5.10 Å². The van der Waals surface area contributed by atoms with Gasteiger partial charge in [0.2, 0.25) is 0 Å². The van der Waals surface area contributed by atoms with E-state index in [0.717, 1.165) is 17.3 Å². The molecule has 0 atom stereocenters. The van der Waals surface area contributed by atoms with Crippen molar-refractivity contribution in [1.82, 2.24) is 20.2 Å². The van der Waals surface area contributed by atoms with Crippen molar-refractivity contribution in [1.29, 1.82) is 0 Å². The summed E-state index contributed by atoms with van der Waals surface area (Å²) in [4.78, 5) is 8.55. The molecule has 0 saturated carbocycles. The Labute approximate surface area is 88.0 Å². The topological polar surface area (TPSA) is 66.5 Å². The van der Waals surface area contributed by atoms with Gasteiger partial charge in [-0.25, -0.2) is 4.98 Å².